The van der Waals surface area contributed by atoms with Crippen LogP contribution in [0.2, 0.25) is 0 Å². The Labute approximate surface area is 322 Å². The third-order valence-corrected chi connectivity index (χ3v) is 11.5. The van der Waals surface area contributed by atoms with Gasteiger partial charge in [0, 0.05) is 60.8 Å². The highest BCUT2D eigenvalue weighted by atomic mass is 16.3. The van der Waals surface area contributed by atoms with Gasteiger partial charge in [-0.2, -0.15) is 0 Å². The van der Waals surface area contributed by atoms with Gasteiger partial charge in [-0.1, -0.05) is 97.1 Å². The maximum atomic E-state index is 6.28. The number of benzene rings is 9. The van der Waals surface area contributed by atoms with E-state index in [1.54, 1.807) is 0 Å². The lowest BCUT2D eigenvalue weighted by Crippen LogP contribution is -2.10. The molecule has 0 atom stereocenters. The fraction of sp³-hybridized carbons (Fsp3) is 0. The highest BCUT2D eigenvalue weighted by molar-refractivity contribution is 6.14. The van der Waals surface area contributed by atoms with Gasteiger partial charge in [-0.3, -0.25) is 0 Å². The van der Waals surface area contributed by atoms with E-state index in [1.165, 1.54) is 54.4 Å². The zero-order valence-corrected chi connectivity index (χ0v) is 30.3. The summed E-state index contributed by atoms with van der Waals surface area (Å²) in [6.07, 6.45) is 0. The Kier molecular flexibility index (Phi) is 6.60. The Morgan fingerprint density at radius 2 is 0.804 bits per heavy atom. The Bertz CT molecular complexity index is 3480. The van der Waals surface area contributed by atoms with Crippen molar-refractivity contribution in [3.05, 3.63) is 200 Å². The van der Waals surface area contributed by atoms with Gasteiger partial charge in [0.2, 0.25) is 0 Å². The van der Waals surface area contributed by atoms with Gasteiger partial charge in [-0.05, 0) is 114 Å². The van der Waals surface area contributed by atoms with Crippen LogP contribution < -0.4 is 4.90 Å². The van der Waals surface area contributed by atoms with E-state index in [2.05, 4.69) is 202 Å². The molecule has 0 aliphatic carbocycles. The third-order valence-electron chi connectivity index (χ3n) is 11.5. The van der Waals surface area contributed by atoms with Crippen LogP contribution in [-0.2, 0) is 0 Å². The summed E-state index contributed by atoms with van der Waals surface area (Å²) < 4.78 is 11.0. The van der Waals surface area contributed by atoms with E-state index in [0.717, 1.165) is 50.4 Å². The minimum Gasteiger partial charge on any atom is -0.456 e. The van der Waals surface area contributed by atoms with Crippen molar-refractivity contribution in [1.82, 2.24) is 9.13 Å². The lowest BCUT2D eigenvalue weighted by Gasteiger charge is -2.26. The van der Waals surface area contributed by atoms with E-state index in [-0.39, 0.29) is 0 Å². The van der Waals surface area contributed by atoms with Crippen LogP contribution in [0.4, 0.5) is 17.1 Å². The maximum Gasteiger partial charge on any atom is 0.135 e. The molecule has 0 N–H and O–H groups in total. The van der Waals surface area contributed by atoms with Crippen LogP contribution in [0.25, 0.3) is 87.7 Å². The largest absolute Gasteiger partial charge is 0.456 e. The summed E-state index contributed by atoms with van der Waals surface area (Å²) in [5.41, 5.74) is 12.0. The molecule has 9 aromatic carbocycles. The van der Waals surface area contributed by atoms with E-state index in [9.17, 15) is 0 Å². The molecule has 0 spiro atoms. The normalized spacial score (nSPS) is 11.9. The Hall–Kier alpha value is -7.56. The minimum absolute atomic E-state index is 0.880. The molecule has 0 aliphatic rings. The van der Waals surface area contributed by atoms with Crippen LogP contribution in [0, 0.1) is 0 Å². The highest BCUT2D eigenvalue weighted by Crippen LogP contribution is 2.43. The molecular weight excluding hydrogens is 683 g/mol. The van der Waals surface area contributed by atoms with Crippen molar-refractivity contribution in [2.45, 2.75) is 0 Å². The lowest BCUT2D eigenvalue weighted by molar-refractivity contribution is 0.669. The van der Waals surface area contributed by atoms with Crippen molar-refractivity contribution in [3.8, 4) is 11.4 Å². The molecule has 56 heavy (non-hydrogen) atoms. The standard InChI is InChI=1S/C52H33N3O/c1-2-14-36(15-3-1)54-47-19-9-7-17-42(47)45-32-39(26-28-49(45)54)53(40-27-29-52-46(33-40)43-18-8-11-21-51(43)56-52)37-22-24-38(25-23-37)55-48-20-10-6-16-41(48)44-30-34-12-4-5-13-35(34)31-50(44)55/h1-33H. The molecule has 3 aromatic heterocycles. The summed E-state index contributed by atoms with van der Waals surface area (Å²) in [6.45, 7) is 0. The van der Waals surface area contributed by atoms with E-state index in [4.69, 9.17) is 4.42 Å². The summed E-state index contributed by atoms with van der Waals surface area (Å²) in [7, 11) is 0. The number of fused-ring (bicyclic) bond motifs is 10. The molecule has 262 valence electrons. The van der Waals surface area contributed by atoms with Crippen molar-refractivity contribution in [3.63, 3.8) is 0 Å². The van der Waals surface area contributed by atoms with E-state index in [0.29, 0.717) is 0 Å². The van der Waals surface area contributed by atoms with Crippen LogP contribution in [0.5, 0.6) is 0 Å². The molecule has 0 saturated carbocycles. The van der Waals surface area contributed by atoms with Gasteiger partial charge in [-0.15, -0.1) is 0 Å². The molecule has 0 unspecified atom stereocenters. The van der Waals surface area contributed by atoms with Crippen molar-refractivity contribution < 1.29 is 4.42 Å². The molecule has 0 bridgehead atoms. The monoisotopic (exact) mass is 715 g/mol. The van der Waals surface area contributed by atoms with Crippen LogP contribution in [0.1, 0.15) is 0 Å². The molecule has 4 heteroatoms. The van der Waals surface area contributed by atoms with Gasteiger partial charge in [0.15, 0.2) is 0 Å². The van der Waals surface area contributed by atoms with E-state index < -0.39 is 0 Å². The second kappa shape index (κ2) is 12.0. The number of furan rings is 1. The SMILES string of the molecule is c1ccc(-n2c3ccccc3c3cc(N(c4ccc(-n5c6ccccc6c6cc7ccccc7cc65)cc4)c4ccc5oc6ccccc6c5c4)ccc32)cc1. The predicted molar refractivity (Wildman–Crippen MR) is 235 cm³/mol. The summed E-state index contributed by atoms with van der Waals surface area (Å²) in [5, 5.41) is 9.63. The molecule has 0 aliphatic heterocycles. The Balaban J connectivity index is 1.07. The lowest BCUT2D eigenvalue weighted by atomic mass is 10.1. The molecule has 0 radical (unpaired) electrons. The Morgan fingerprint density at radius 1 is 0.304 bits per heavy atom. The van der Waals surface area contributed by atoms with Crippen LogP contribution in [0.3, 0.4) is 0 Å². The van der Waals surface area contributed by atoms with Crippen LogP contribution >= 0.6 is 0 Å². The smallest absolute Gasteiger partial charge is 0.135 e. The molecule has 12 rings (SSSR count). The zero-order valence-electron chi connectivity index (χ0n) is 30.3. The van der Waals surface area contributed by atoms with Gasteiger partial charge in [0.1, 0.15) is 11.2 Å². The molecule has 0 fully saturated rings. The summed E-state index contributed by atoms with van der Waals surface area (Å²) in [5.74, 6) is 0. The summed E-state index contributed by atoms with van der Waals surface area (Å²) >= 11 is 0. The van der Waals surface area contributed by atoms with Gasteiger partial charge in [0.25, 0.3) is 0 Å². The first-order valence-electron chi connectivity index (χ1n) is 19.1. The van der Waals surface area contributed by atoms with Crippen molar-refractivity contribution in [1.29, 1.82) is 0 Å². The van der Waals surface area contributed by atoms with E-state index >= 15 is 0 Å². The average Bonchev–Trinajstić information content (AvgIpc) is 3.91. The number of aromatic nitrogens is 2. The maximum absolute atomic E-state index is 6.28. The fourth-order valence-electron chi connectivity index (χ4n) is 8.94. The number of para-hydroxylation sites is 4. The molecule has 0 amide bonds. The molecule has 0 saturated heterocycles. The van der Waals surface area contributed by atoms with Gasteiger partial charge >= 0.3 is 0 Å². The number of hydrogen-bond acceptors (Lipinski definition) is 2. The van der Waals surface area contributed by atoms with Crippen molar-refractivity contribution in [2.75, 3.05) is 4.90 Å². The number of anilines is 3. The van der Waals surface area contributed by atoms with Crippen molar-refractivity contribution in [2.24, 2.45) is 0 Å². The zero-order chi connectivity index (χ0) is 36.7. The molecule has 3 heterocycles. The first kappa shape index (κ1) is 30.9. The van der Waals surface area contributed by atoms with Crippen LogP contribution in [0.15, 0.2) is 205 Å². The minimum atomic E-state index is 0.880. The van der Waals surface area contributed by atoms with Gasteiger partial charge < -0.3 is 18.5 Å². The van der Waals surface area contributed by atoms with Gasteiger partial charge in [0.05, 0.1) is 22.1 Å². The Morgan fingerprint density at radius 3 is 1.55 bits per heavy atom. The topological polar surface area (TPSA) is 26.2 Å². The quantitative estimate of drug-likeness (QED) is 0.177. The molecular formula is C52H33N3O. The first-order chi connectivity index (χ1) is 27.8. The number of hydrogen-bond donors (Lipinski definition) is 0. The fourth-order valence-corrected chi connectivity index (χ4v) is 8.94. The van der Waals surface area contributed by atoms with Crippen molar-refractivity contribution >= 4 is 93.4 Å². The first-order valence-corrected chi connectivity index (χ1v) is 19.1. The molecule has 4 nitrogen and oxygen atoms in total. The second-order valence-corrected chi connectivity index (χ2v) is 14.6. The van der Waals surface area contributed by atoms with Crippen LogP contribution in [-0.4, -0.2) is 9.13 Å². The highest BCUT2D eigenvalue weighted by Gasteiger charge is 2.20. The predicted octanol–water partition coefficient (Wildman–Crippen LogP) is 14.4. The average molecular weight is 716 g/mol. The number of rotatable bonds is 5. The van der Waals surface area contributed by atoms with Gasteiger partial charge in [-0.25, -0.2) is 0 Å². The second-order valence-electron chi connectivity index (χ2n) is 14.6. The molecule has 12 aromatic rings. The van der Waals surface area contributed by atoms with E-state index in [1.807, 2.05) is 12.1 Å². The third kappa shape index (κ3) is 4.60. The number of nitrogens with zero attached hydrogens (tertiary/aromatic N) is 3. The summed E-state index contributed by atoms with van der Waals surface area (Å²) in [4.78, 5) is 2.37. The summed E-state index contributed by atoms with van der Waals surface area (Å²) in [6, 6.07) is 72.1.